The first-order chi connectivity index (χ1) is 16.3. The molecule has 1 fully saturated rings. The number of benzene rings is 2. The van der Waals surface area contributed by atoms with Crippen LogP contribution in [-0.4, -0.2) is 74.1 Å². The Morgan fingerprint density at radius 1 is 0.882 bits per heavy atom. The molecule has 9 heteroatoms. The maximum atomic E-state index is 13.0. The van der Waals surface area contributed by atoms with E-state index in [0.29, 0.717) is 37.7 Å². The second kappa shape index (κ2) is 10.2. The Labute approximate surface area is 197 Å². The van der Waals surface area contributed by atoms with E-state index >= 15 is 0 Å². The van der Waals surface area contributed by atoms with E-state index in [1.165, 1.54) is 17.7 Å². The number of carbonyl (C=O) groups excluding carboxylic acids is 1. The second-order valence-electron chi connectivity index (χ2n) is 8.79. The molecule has 0 aromatic heterocycles. The van der Waals surface area contributed by atoms with Gasteiger partial charge in [-0.2, -0.15) is 13.2 Å². The van der Waals surface area contributed by atoms with Gasteiger partial charge in [0.1, 0.15) is 0 Å². The highest BCUT2D eigenvalue weighted by Gasteiger charge is 2.30. The van der Waals surface area contributed by atoms with Crippen LogP contribution in [0.5, 0.6) is 11.5 Å². The maximum Gasteiger partial charge on any atom is 0.416 e. The molecule has 0 atom stereocenters. The van der Waals surface area contributed by atoms with Gasteiger partial charge in [0.15, 0.2) is 11.5 Å². The normalized spacial score (nSPS) is 17.4. The number of piperazine rings is 1. The number of hydrogen-bond donors (Lipinski definition) is 0. The van der Waals surface area contributed by atoms with Crippen molar-refractivity contribution < 1.29 is 27.4 Å². The lowest BCUT2D eigenvalue weighted by Gasteiger charge is -2.36. The van der Waals surface area contributed by atoms with Crippen molar-refractivity contribution in [3.63, 3.8) is 0 Å². The minimum absolute atomic E-state index is 0.108. The molecule has 0 spiro atoms. The summed E-state index contributed by atoms with van der Waals surface area (Å²) in [4.78, 5) is 19.2. The van der Waals surface area contributed by atoms with Crippen LogP contribution in [0.3, 0.4) is 0 Å². The summed E-state index contributed by atoms with van der Waals surface area (Å²) in [5.41, 5.74) is 2.49. The summed E-state index contributed by atoms with van der Waals surface area (Å²) in [7, 11) is 3.22. The molecule has 0 N–H and O–H groups in total. The fraction of sp³-hybridized carbons (Fsp3) is 0.480. The van der Waals surface area contributed by atoms with E-state index in [9.17, 15) is 18.0 Å². The average molecular weight is 478 g/mol. The Morgan fingerprint density at radius 2 is 1.47 bits per heavy atom. The standard InChI is InChI=1S/C25H30F3N3O3/c1-33-22-13-19-7-8-31(16-20(19)14-23(22)34-2)24(32)17-30-11-9-29(10-12-30)15-18-3-5-21(6-4-18)25(26,27)28/h3-6,13-14H,7-12,15-17H2,1-2H3. The van der Waals surface area contributed by atoms with E-state index in [-0.39, 0.29) is 5.91 Å². The first kappa shape index (κ1) is 24.3. The van der Waals surface area contributed by atoms with Crippen molar-refractivity contribution in [3.05, 3.63) is 58.7 Å². The molecule has 2 aliphatic heterocycles. The van der Waals surface area contributed by atoms with Crippen molar-refractivity contribution in [1.29, 1.82) is 0 Å². The zero-order chi connectivity index (χ0) is 24.3. The molecule has 0 saturated carbocycles. The summed E-state index contributed by atoms with van der Waals surface area (Å²) in [6.07, 6.45) is -3.53. The lowest BCUT2D eigenvalue weighted by Crippen LogP contribution is -2.50. The van der Waals surface area contributed by atoms with Gasteiger partial charge < -0.3 is 14.4 Å². The van der Waals surface area contributed by atoms with Gasteiger partial charge in [-0.3, -0.25) is 14.6 Å². The highest BCUT2D eigenvalue weighted by Crippen LogP contribution is 2.33. The van der Waals surface area contributed by atoms with E-state index in [4.69, 9.17) is 9.47 Å². The zero-order valence-corrected chi connectivity index (χ0v) is 19.5. The topological polar surface area (TPSA) is 45.3 Å². The van der Waals surface area contributed by atoms with E-state index < -0.39 is 11.7 Å². The highest BCUT2D eigenvalue weighted by molar-refractivity contribution is 5.78. The second-order valence-corrected chi connectivity index (χ2v) is 8.79. The van der Waals surface area contributed by atoms with Gasteiger partial charge in [0.05, 0.1) is 26.3 Å². The van der Waals surface area contributed by atoms with Gasteiger partial charge in [0.25, 0.3) is 0 Å². The first-order valence-electron chi connectivity index (χ1n) is 11.4. The van der Waals surface area contributed by atoms with Crippen LogP contribution < -0.4 is 9.47 Å². The van der Waals surface area contributed by atoms with Crippen LogP contribution in [0.4, 0.5) is 13.2 Å². The number of rotatable bonds is 6. The van der Waals surface area contributed by atoms with Gasteiger partial charge in [0, 0.05) is 45.8 Å². The number of hydrogen-bond acceptors (Lipinski definition) is 5. The monoisotopic (exact) mass is 477 g/mol. The third-order valence-corrected chi connectivity index (χ3v) is 6.58. The van der Waals surface area contributed by atoms with Gasteiger partial charge in [-0.1, -0.05) is 12.1 Å². The Hall–Kier alpha value is -2.78. The van der Waals surface area contributed by atoms with Crippen LogP contribution in [0.1, 0.15) is 22.3 Å². The quantitative estimate of drug-likeness (QED) is 0.638. The molecule has 2 heterocycles. The summed E-state index contributed by atoms with van der Waals surface area (Å²) in [5, 5.41) is 0. The summed E-state index contributed by atoms with van der Waals surface area (Å²) in [6, 6.07) is 9.29. The van der Waals surface area contributed by atoms with E-state index in [1.807, 2.05) is 17.0 Å². The van der Waals surface area contributed by atoms with Crippen molar-refractivity contribution in [2.45, 2.75) is 25.7 Å². The Morgan fingerprint density at radius 3 is 2.06 bits per heavy atom. The molecule has 2 aromatic rings. The molecule has 0 radical (unpaired) electrons. The van der Waals surface area contributed by atoms with Crippen LogP contribution in [0.15, 0.2) is 36.4 Å². The molecular weight excluding hydrogens is 447 g/mol. The van der Waals surface area contributed by atoms with Gasteiger partial charge in [-0.05, 0) is 47.4 Å². The van der Waals surface area contributed by atoms with E-state index in [0.717, 1.165) is 55.9 Å². The van der Waals surface area contributed by atoms with Crippen molar-refractivity contribution in [2.75, 3.05) is 53.5 Å². The smallest absolute Gasteiger partial charge is 0.416 e. The SMILES string of the molecule is COc1cc2c(cc1OC)CN(C(=O)CN1CCN(Cc3ccc(C(F)(F)F)cc3)CC1)CC2. The molecule has 1 saturated heterocycles. The lowest BCUT2D eigenvalue weighted by atomic mass is 9.98. The molecule has 4 rings (SSSR count). The van der Waals surface area contributed by atoms with Crippen LogP contribution >= 0.6 is 0 Å². The predicted molar refractivity (Wildman–Crippen MR) is 122 cm³/mol. The summed E-state index contributed by atoms with van der Waals surface area (Å²) < 4.78 is 49.0. The van der Waals surface area contributed by atoms with Crippen LogP contribution in [-0.2, 0) is 30.5 Å². The average Bonchev–Trinajstić information content (AvgIpc) is 2.83. The molecule has 184 valence electrons. The fourth-order valence-corrected chi connectivity index (χ4v) is 4.55. The number of ether oxygens (including phenoxy) is 2. The van der Waals surface area contributed by atoms with Crippen LogP contribution in [0.25, 0.3) is 0 Å². The van der Waals surface area contributed by atoms with Crippen molar-refractivity contribution >= 4 is 5.91 Å². The number of methoxy groups -OCH3 is 2. The van der Waals surface area contributed by atoms with Crippen LogP contribution in [0.2, 0.25) is 0 Å². The number of amides is 1. The largest absolute Gasteiger partial charge is 0.493 e. The fourth-order valence-electron chi connectivity index (χ4n) is 4.55. The number of carbonyl (C=O) groups is 1. The minimum Gasteiger partial charge on any atom is -0.493 e. The highest BCUT2D eigenvalue weighted by atomic mass is 19.4. The summed E-state index contributed by atoms with van der Waals surface area (Å²) in [6.45, 7) is 5.26. The number of nitrogens with zero attached hydrogens (tertiary/aromatic N) is 3. The van der Waals surface area contributed by atoms with E-state index in [1.54, 1.807) is 14.2 Å². The van der Waals surface area contributed by atoms with Crippen molar-refractivity contribution in [3.8, 4) is 11.5 Å². The van der Waals surface area contributed by atoms with Crippen molar-refractivity contribution in [1.82, 2.24) is 14.7 Å². The molecular formula is C25H30F3N3O3. The van der Waals surface area contributed by atoms with Crippen molar-refractivity contribution in [2.24, 2.45) is 0 Å². The molecule has 2 aromatic carbocycles. The third kappa shape index (κ3) is 5.64. The molecule has 2 aliphatic rings. The molecule has 0 bridgehead atoms. The molecule has 0 aliphatic carbocycles. The summed E-state index contributed by atoms with van der Waals surface area (Å²) in [5.74, 6) is 1.48. The Bertz CT molecular complexity index is 1000. The van der Waals surface area contributed by atoms with Gasteiger partial charge in [-0.15, -0.1) is 0 Å². The van der Waals surface area contributed by atoms with Gasteiger partial charge in [0.2, 0.25) is 5.91 Å². The molecule has 6 nitrogen and oxygen atoms in total. The Kier molecular flexibility index (Phi) is 7.33. The Balaban J connectivity index is 1.26. The first-order valence-corrected chi connectivity index (χ1v) is 11.4. The number of halogens is 3. The lowest BCUT2D eigenvalue weighted by molar-refractivity contribution is -0.137. The third-order valence-electron chi connectivity index (χ3n) is 6.58. The maximum absolute atomic E-state index is 13.0. The molecule has 34 heavy (non-hydrogen) atoms. The number of fused-ring (bicyclic) bond motifs is 1. The molecule has 1 amide bonds. The van der Waals surface area contributed by atoms with Gasteiger partial charge >= 0.3 is 6.18 Å². The molecule has 0 unspecified atom stereocenters. The number of alkyl halides is 3. The van der Waals surface area contributed by atoms with Crippen LogP contribution in [0, 0.1) is 0 Å². The predicted octanol–water partition coefficient (Wildman–Crippen LogP) is 3.43. The minimum atomic E-state index is -4.31. The summed E-state index contributed by atoms with van der Waals surface area (Å²) >= 11 is 0. The zero-order valence-electron chi connectivity index (χ0n) is 19.5. The van der Waals surface area contributed by atoms with Gasteiger partial charge in [-0.25, -0.2) is 0 Å². The van der Waals surface area contributed by atoms with E-state index in [2.05, 4.69) is 9.80 Å².